The van der Waals surface area contributed by atoms with E-state index in [1.54, 1.807) is 12.4 Å². The Labute approximate surface area is 512 Å². The molecule has 0 atom stereocenters. The van der Waals surface area contributed by atoms with Crippen molar-refractivity contribution in [3.63, 3.8) is 0 Å². The fourth-order valence-corrected chi connectivity index (χ4v) is 7.20. The van der Waals surface area contributed by atoms with Crippen LogP contribution >= 0.6 is 37.7 Å². The molecule has 368 valence electrons. The van der Waals surface area contributed by atoms with E-state index in [0.29, 0.717) is 0 Å². The molecule has 16 heteroatoms. The van der Waals surface area contributed by atoms with Gasteiger partial charge < -0.3 is 24.9 Å². The van der Waals surface area contributed by atoms with Gasteiger partial charge in [0.1, 0.15) is 0 Å². The largest absolute Gasteiger partial charge is 2.00 e. The summed E-state index contributed by atoms with van der Waals surface area (Å²) in [5.74, 6) is -0.833. The first-order valence-electron chi connectivity index (χ1n) is 22.8. The van der Waals surface area contributed by atoms with Crippen LogP contribution in [-0.4, -0.2) is 94.2 Å². The smallest absolute Gasteiger partial charge is 0.346 e. The van der Waals surface area contributed by atoms with Gasteiger partial charge >= 0.3 is 134 Å². The zero-order valence-corrected chi connectivity index (χ0v) is 54.1. The van der Waals surface area contributed by atoms with Gasteiger partial charge in [-0.05, 0) is 108 Å². The van der Waals surface area contributed by atoms with E-state index >= 15 is 0 Å². The van der Waals surface area contributed by atoms with Crippen molar-refractivity contribution in [3.05, 3.63) is 255 Å². The van der Waals surface area contributed by atoms with Crippen molar-refractivity contribution in [1.29, 1.82) is 0 Å². The van der Waals surface area contributed by atoms with Crippen LogP contribution in [-0.2, 0) is 37.8 Å². The Morgan fingerprint density at radius 3 is 1.07 bits per heavy atom. The van der Waals surface area contributed by atoms with Crippen LogP contribution in [0.15, 0.2) is 243 Å². The van der Waals surface area contributed by atoms with Crippen LogP contribution in [0.1, 0.15) is 6.92 Å². The predicted molar refractivity (Wildman–Crippen MR) is 301 cm³/mol. The van der Waals surface area contributed by atoms with Crippen LogP contribution in [0.5, 0.6) is 0 Å². The van der Waals surface area contributed by atoms with Gasteiger partial charge in [-0.15, -0.1) is 59.7 Å². The Morgan fingerprint density at radius 2 is 0.730 bits per heavy atom. The van der Waals surface area contributed by atoms with Gasteiger partial charge in [0.15, 0.2) is 0 Å². The van der Waals surface area contributed by atoms with E-state index in [4.69, 9.17) is 47.6 Å². The molecule has 4 aromatic heterocycles. The summed E-state index contributed by atoms with van der Waals surface area (Å²) >= 11 is -0.556. The Hall–Kier alpha value is -3.20. The second-order valence-electron chi connectivity index (χ2n) is 15.0. The van der Waals surface area contributed by atoms with E-state index in [1.165, 1.54) is 63.2 Å². The zero-order valence-electron chi connectivity index (χ0n) is 40.3. The van der Waals surface area contributed by atoms with Crippen molar-refractivity contribution < 1.29 is 42.9 Å². The standard InChI is InChI=1S/C28H21N3.C28H19N3.C2H4O2.4ClH.2K.2Pt/c2*1-2-12-24(13-3-1)31(25-14-8-10-22(20-25)27-16-4-6-18-29-27)26-15-9-11-23(21-26)28-17-5-7-19-30-28;1-2(3)4;;;;;;;;/h1-21H;1-19H;1H3,(H,3,4);4*1H;;;;/q;-2;;;;;;;;+2;+4/p-4. The maximum absolute atomic E-state index is 9.00. The fourth-order valence-electron chi connectivity index (χ4n) is 7.20. The van der Waals surface area contributed by atoms with Crippen LogP contribution in [0.3, 0.4) is 0 Å². The second-order valence-corrected chi connectivity index (χ2v) is 34.7. The summed E-state index contributed by atoms with van der Waals surface area (Å²) in [6, 6.07) is 80.8. The average Bonchev–Trinajstić information content (AvgIpc) is 3.43. The minimum Gasteiger partial charge on any atom is -0.346 e. The molecule has 0 fully saturated rings. The molecule has 0 aliphatic carbocycles. The Morgan fingerprint density at radius 1 is 0.432 bits per heavy atom. The first-order chi connectivity index (χ1) is 35.5. The molecule has 1 N–H and O–H groups in total. The van der Waals surface area contributed by atoms with E-state index in [2.05, 4.69) is 139 Å². The third kappa shape index (κ3) is 20.3. The molecule has 8 nitrogen and oxygen atoms in total. The first kappa shape index (κ1) is 61.7. The van der Waals surface area contributed by atoms with Crippen LogP contribution < -0.4 is 9.80 Å². The summed E-state index contributed by atoms with van der Waals surface area (Å²) in [5, 5.41) is 7.42. The topological polar surface area (TPSA) is 95.3 Å². The van der Waals surface area contributed by atoms with Crippen molar-refractivity contribution in [3.8, 4) is 45.0 Å². The number of benzene rings is 6. The Kier molecular flexibility index (Phi) is 27.6. The van der Waals surface area contributed by atoms with Gasteiger partial charge in [0.05, 0.1) is 11.4 Å². The molecule has 10 aromatic rings. The molecule has 10 rings (SSSR count). The minimum atomic E-state index is -3.06. The minimum absolute atomic E-state index is 0. The summed E-state index contributed by atoms with van der Waals surface area (Å²) < 4.78 is 0. The number of nitrogens with zero attached hydrogens (tertiary/aromatic N) is 6. The van der Waals surface area contributed by atoms with E-state index < -0.39 is 17.9 Å². The van der Waals surface area contributed by atoms with Gasteiger partial charge in [-0.3, -0.25) is 14.8 Å². The van der Waals surface area contributed by atoms with Crippen LogP contribution in [0.25, 0.3) is 45.0 Å². The second kappa shape index (κ2) is 33.2. The molecule has 0 amide bonds. The van der Waals surface area contributed by atoms with Crippen LogP contribution in [0, 0.1) is 12.1 Å². The number of rotatable bonds is 10. The molecule has 4 heterocycles. The zero-order chi connectivity index (χ0) is 51.8. The van der Waals surface area contributed by atoms with Crippen molar-refractivity contribution in [2.75, 3.05) is 9.80 Å². The number of aliphatic carboxylic acids is 1. The molecule has 74 heavy (non-hydrogen) atoms. The number of carbonyl (C=O) groups is 1. The molecule has 0 aliphatic heterocycles. The number of aromatic nitrogens is 4. The van der Waals surface area contributed by atoms with Gasteiger partial charge in [-0.25, -0.2) is 0 Å². The number of anilines is 6. The molecule has 0 aliphatic rings. The van der Waals surface area contributed by atoms with E-state index in [0.717, 1.165) is 86.1 Å². The Balaban J connectivity index is 0.000000227. The van der Waals surface area contributed by atoms with Crippen LogP contribution in [0.2, 0.25) is 0 Å². The van der Waals surface area contributed by atoms with Gasteiger partial charge in [-0.2, -0.15) is 0 Å². The number of carboxylic acids is 1. The normalized spacial score (nSPS) is 10.3. The molecular formula is C58H44Cl4K2N6O2Pt2. The van der Waals surface area contributed by atoms with E-state index in [-0.39, 0.29) is 21.1 Å². The molecule has 0 saturated heterocycles. The summed E-state index contributed by atoms with van der Waals surface area (Å²) in [5.41, 5.74) is 13.9. The van der Waals surface area contributed by atoms with E-state index in [1.807, 2.05) is 134 Å². The number of pyridine rings is 4. The maximum atomic E-state index is 9.00. The Bertz CT molecular complexity index is 2840. The summed E-state index contributed by atoms with van der Waals surface area (Å²) in [6.45, 7) is 1.08. The van der Waals surface area contributed by atoms with Crippen molar-refractivity contribution in [2.24, 2.45) is 0 Å². The first-order valence-corrected chi connectivity index (χ1v) is 50.0. The fraction of sp³-hybridized carbons (Fsp3) is 0.0172. The molecule has 0 radical (unpaired) electrons. The van der Waals surface area contributed by atoms with Crippen molar-refractivity contribution in [2.45, 2.75) is 6.92 Å². The summed E-state index contributed by atoms with van der Waals surface area (Å²) in [4.78, 5) is 31.4. The predicted octanol–water partition coefficient (Wildman–Crippen LogP) is 16.2. The molecular weight excluding hydrogens is 1420 g/mol. The molecule has 0 spiro atoms. The number of halogens is 4. The number of hydrogen-bond acceptors (Lipinski definition) is 7. The molecule has 0 unspecified atom stereocenters. The van der Waals surface area contributed by atoms with Crippen LogP contribution in [0.4, 0.5) is 34.1 Å². The van der Waals surface area contributed by atoms with Gasteiger partial charge in [0.2, 0.25) is 0 Å². The summed E-state index contributed by atoms with van der Waals surface area (Å²) in [7, 11) is 20.0. The number of para-hydroxylation sites is 2. The van der Waals surface area contributed by atoms with E-state index in [9.17, 15) is 0 Å². The molecule has 6 aromatic carbocycles. The average molecular weight is 1470 g/mol. The van der Waals surface area contributed by atoms with Gasteiger partial charge in [0, 0.05) is 65.6 Å². The SMILES string of the molecule is CC(=O)O.[Cl][Pt]([Cl])([Cl])[Cl].[K][K].[Pt+2].[c-]1c(-c2ccccn2)cccc1N(c1[c-]c(-c2ccccn2)ccc1)c1ccccc1.c1ccc(N(c2cccc(-c3ccccn3)c2)c2cccc(-c3ccccn3)c2)cc1. The molecule has 0 bridgehead atoms. The number of hydrogen-bond donors (Lipinski definition) is 1. The third-order valence-electron chi connectivity index (χ3n) is 10.1. The monoisotopic (exact) mass is 1460 g/mol. The molecule has 0 saturated carbocycles. The number of carboxylic acid groups (broad SMARTS) is 1. The van der Waals surface area contributed by atoms with Crippen molar-refractivity contribution in [1.82, 2.24) is 19.9 Å². The third-order valence-corrected chi connectivity index (χ3v) is 10.1. The van der Waals surface area contributed by atoms with Gasteiger partial charge in [0.25, 0.3) is 5.97 Å². The van der Waals surface area contributed by atoms with Crippen molar-refractivity contribution >= 4 is 141 Å². The maximum Gasteiger partial charge on any atom is 2.00 e. The summed E-state index contributed by atoms with van der Waals surface area (Å²) in [6.07, 6.45) is 7.25. The quantitative estimate of drug-likeness (QED) is 0.107. The van der Waals surface area contributed by atoms with Gasteiger partial charge in [-0.1, -0.05) is 97.1 Å².